The predicted octanol–water partition coefficient (Wildman–Crippen LogP) is 2.61. The molecule has 2 amide bonds. The Balaban J connectivity index is 2.03. The molecule has 0 spiro atoms. The van der Waals surface area contributed by atoms with Gasteiger partial charge in [0.05, 0.1) is 0 Å². The highest BCUT2D eigenvalue weighted by atomic mass is 16.2. The zero-order valence-electron chi connectivity index (χ0n) is 15.1. The monoisotopic (exact) mass is 337 g/mol. The van der Waals surface area contributed by atoms with Gasteiger partial charge in [-0.25, -0.2) is 0 Å². The van der Waals surface area contributed by atoms with E-state index in [4.69, 9.17) is 0 Å². The summed E-state index contributed by atoms with van der Waals surface area (Å²) in [7, 11) is 3.47. The van der Waals surface area contributed by atoms with Crippen molar-refractivity contribution >= 4 is 23.6 Å². The third-order valence-corrected chi connectivity index (χ3v) is 4.29. The summed E-state index contributed by atoms with van der Waals surface area (Å²) in [6.45, 7) is 4.82. The fourth-order valence-electron chi connectivity index (χ4n) is 3.12. The Morgan fingerprint density at radius 1 is 1.32 bits per heavy atom. The predicted molar refractivity (Wildman–Crippen MR) is 99.4 cm³/mol. The summed E-state index contributed by atoms with van der Waals surface area (Å²) in [6, 6.07) is 7.07. The van der Waals surface area contributed by atoms with E-state index < -0.39 is 6.04 Å². The van der Waals surface area contributed by atoms with Gasteiger partial charge in [-0.3, -0.25) is 14.6 Å². The van der Waals surface area contributed by atoms with Gasteiger partial charge in [0.1, 0.15) is 0 Å². The molecule has 3 rings (SSSR count). The number of aliphatic imine (C=N–C) groups is 1. The van der Waals surface area contributed by atoms with Crippen LogP contribution in [0.15, 0.2) is 47.1 Å². The number of hydrogen-bond acceptors (Lipinski definition) is 3. The molecule has 0 aromatic heterocycles. The number of carbonyl (C=O) groups is 2. The molecule has 2 aliphatic heterocycles. The Kier molecular flexibility index (Phi) is 4.57. The van der Waals surface area contributed by atoms with Gasteiger partial charge in [-0.1, -0.05) is 26.0 Å². The van der Waals surface area contributed by atoms with E-state index in [-0.39, 0.29) is 11.8 Å². The Morgan fingerprint density at radius 2 is 2.08 bits per heavy atom. The molecule has 0 radical (unpaired) electrons. The topological polar surface area (TPSA) is 53.0 Å². The second kappa shape index (κ2) is 6.67. The number of allylic oxidation sites excluding steroid dienone is 1. The fraction of sp³-hybridized carbons (Fsp3) is 0.350. The number of rotatable bonds is 4. The van der Waals surface area contributed by atoms with Crippen LogP contribution in [-0.4, -0.2) is 54.5 Å². The normalized spacial score (nSPS) is 19.0. The highest BCUT2D eigenvalue weighted by molar-refractivity contribution is 6.04. The van der Waals surface area contributed by atoms with Gasteiger partial charge in [0, 0.05) is 44.2 Å². The molecule has 2 heterocycles. The van der Waals surface area contributed by atoms with E-state index in [0.717, 1.165) is 16.7 Å². The van der Waals surface area contributed by atoms with E-state index >= 15 is 0 Å². The maximum absolute atomic E-state index is 12.6. The molecular formula is C20H23N3O2. The van der Waals surface area contributed by atoms with Crippen LogP contribution in [0, 0.1) is 5.92 Å². The quantitative estimate of drug-likeness (QED) is 0.848. The lowest BCUT2D eigenvalue weighted by Crippen LogP contribution is -2.40. The second-order valence-electron chi connectivity index (χ2n) is 7.03. The van der Waals surface area contributed by atoms with Crippen molar-refractivity contribution in [3.05, 3.63) is 53.2 Å². The summed E-state index contributed by atoms with van der Waals surface area (Å²) >= 11 is 0. The number of nitrogens with zero attached hydrogens (tertiary/aromatic N) is 3. The molecule has 1 atom stereocenters. The first-order valence-electron chi connectivity index (χ1n) is 8.46. The van der Waals surface area contributed by atoms with Crippen LogP contribution in [0.25, 0.3) is 5.57 Å². The van der Waals surface area contributed by atoms with Crippen LogP contribution < -0.4 is 0 Å². The van der Waals surface area contributed by atoms with Crippen LogP contribution in [-0.2, 0) is 4.79 Å². The Labute approximate surface area is 148 Å². The van der Waals surface area contributed by atoms with Gasteiger partial charge >= 0.3 is 0 Å². The maximum atomic E-state index is 12.6. The lowest BCUT2D eigenvalue weighted by Gasteiger charge is -2.31. The molecule has 0 saturated heterocycles. The minimum absolute atomic E-state index is 0.0120. The summed E-state index contributed by atoms with van der Waals surface area (Å²) in [5, 5.41) is 0. The Hall–Kier alpha value is -2.69. The largest absolute Gasteiger partial charge is 0.345 e. The fourth-order valence-corrected chi connectivity index (χ4v) is 3.12. The first kappa shape index (κ1) is 17.1. The minimum atomic E-state index is -0.466. The molecule has 1 aromatic rings. The molecule has 0 aliphatic carbocycles. The van der Waals surface area contributed by atoms with Gasteiger partial charge in [0.25, 0.3) is 11.8 Å². The molecule has 0 fully saturated rings. The SMILES string of the molecule is CC(C)CN1C=C(c2cccc(C(=O)N(C)C)c2)C2=CC=NC2C1=O. The van der Waals surface area contributed by atoms with E-state index in [1.807, 2.05) is 36.5 Å². The lowest BCUT2D eigenvalue weighted by atomic mass is 9.89. The average molecular weight is 337 g/mol. The minimum Gasteiger partial charge on any atom is -0.345 e. The van der Waals surface area contributed by atoms with Crippen LogP contribution in [0.2, 0.25) is 0 Å². The molecule has 25 heavy (non-hydrogen) atoms. The van der Waals surface area contributed by atoms with Crippen LogP contribution in [0.5, 0.6) is 0 Å². The first-order chi connectivity index (χ1) is 11.9. The highest BCUT2D eigenvalue weighted by Gasteiger charge is 2.35. The van der Waals surface area contributed by atoms with Crippen molar-refractivity contribution in [3.63, 3.8) is 0 Å². The van der Waals surface area contributed by atoms with Crippen molar-refractivity contribution in [2.24, 2.45) is 10.9 Å². The molecule has 0 saturated carbocycles. The summed E-state index contributed by atoms with van der Waals surface area (Å²) in [6.07, 6.45) is 5.49. The summed E-state index contributed by atoms with van der Waals surface area (Å²) in [5.41, 5.74) is 3.41. The van der Waals surface area contributed by atoms with E-state index in [2.05, 4.69) is 18.8 Å². The van der Waals surface area contributed by atoms with Crippen LogP contribution in [0.1, 0.15) is 29.8 Å². The van der Waals surface area contributed by atoms with Crippen molar-refractivity contribution in [3.8, 4) is 0 Å². The van der Waals surface area contributed by atoms with E-state index in [1.54, 1.807) is 30.1 Å². The van der Waals surface area contributed by atoms with Crippen molar-refractivity contribution in [2.75, 3.05) is 20.6 Å². The van der Waals surface area contributed by atoms with E-state index in [1.165, 1.54) is 0 Å². The molecule has 5 heteroatoms. The highest BCUT2D eigenvalue weighted by Crippen LogP contribution is 2.35. The molecule has 1 aromatic carbocycles. The van der Waals surface area contributed by atoms with E-state index in [0.29, 0.717) is 18.0 Å². The van der Waals surface area contributed by atoms with E-state index in [9.17, 15) is 9.59 Å². The molecule has 0 N–H and O–H groups in total. The van der Waals surface area contributed by atoms with Gasteiger partial charge in [0.15, 0.2) is 6.04 Å². The lowest BCUT2D eigenvalue weighted by molar-refractivity contribution is -0.129. The molecule has 5 nitrogen and oxygen atoms in total. The third-order valence-electron chi connectivity index (χ3n) is 4.29. The molecular weight excluding hydrogens is 314 g/mol. The van der Waals surface area contributed by atoms with Crippen molar-refractivity contribution in [1.29, 1.82) is 0 Å². The average Bonchev–Trinajstić information content (AvgIpc) is 3.06. The van der Waals surface area contributed by atoms with Crippen LogP contribution in [0.4, 0.5) is 0 Å². The smallest absolute Gasteiger partial charge is 0.255 e. The zero-order valence-corrected chi connectivity index (χ0v) is 15.1. The van der Waals surface area contributed by atoms with Crippen molar-refractivity contribution in [2.45, 2.75) is 19.9 Å². The number of hydrogen-bond donors (Lipinski definition) is 0. The van der Waals surface area contributed by atoms with Gasteiger partial charge < -0.3 is 9.80 Å². The summed E-state index contributed by atoms with van der Waals surface area (Å²) in [4.78, 5) is 32.6. The van der Waals surface area contributed by atoms with Crippen molar-refractivity contribution in [1.82, 2.24) is 9.80 Å². The number of fused-ring (bicyclic) bond motifs is 1. The molecule has 2 aliphatic rings. The summed E-state index contributed by atoms with van der Waals surface area (Å²) in [5.74, 6) is 0.332. The van der Waals surface area contributed by atoms with Gasteiger partial charge in [-0.2, -0.15) is 0 Å². The third kappa shape index (κ3) is 3.27. The number of carbonyl (C=O) groups excluding carboxylic acids is 2. The molecule has 0 bridgehead atoms. The number of amides is 2. The standard InChI is InChI=1S/C20H23N3O2/c1-13(2)11-23-12-17(16-8-9-21-18(16)20(23)25)14-6-5-7-15(10-14)19(24)22(3)4/h5-10,12-13,18H,11H2,1-4H3. The molecule has 130 valence electrons. The Morgan fingerprint density at radius 3 is 2.76 bits per heavy atom. The van der Waals surface area contributed by atoms with Crippen LogP contribution >= 0.6 is 0 Å². The second-order valence-corrected chi connectivity index (χ2v) is 7.03. The van der Waals surface area contributed by atoms with Crippen molar-refractivity contribution < 1.29 is 9.59 Å². The van der Waals surface area contributed by atoms with Gasteiger partial charge in [-0.05, 0) is 35.3 Å². The maximum Gasteiger partial charge on any atom is 0.255 e. The Bertz CT molecular complexity index is 803. The summed E-state index contributed by atoms with van der Waals surface area (Å²) < 4.78 is 0. The van der Waals surface area contributed by atoms with Crippen LogP contribution in [0.3, 0.4) is 0 Å². The first-order valence-corrected chi connectivity index (χ1v) is 8.46. The molecule has 1 unspecified atom stereocenters. The number of benzene rings is 1. The van der Waals surface area contributed by atoms with Gasteiger partial charge in [-0.15, -0.1) is 0 Å². The van der Waals surface area contributed by atoms with Gasteiger partial charge in [0.2, 0.25) is 0 Å². The zero-order chi connectivity index (χ0) is 18.1.